The zero-order valence-electron chi connectivity index (χ0n) is 12.0. The third-order valence-electron chi connectivity index (χ3n) is 4.21. The van der Waals surface area contributed by atoms with Crippen molar-refractivity contribution in [3.05, 3.63) is 53.1 Å². The maximum atomic E-state index is 10.2. The second-order valence-corrected chi connectivity index (χ2v) is 5.64. The molecular weight excluding hydrogens is 266 g/mol. The van der Waals surface area contributed by atoms with E-state index in [1.807, 2.05) is 25.2 Å². The molecule has 3 N–H and O–H groups in total. The molecule has 0 fully saturated rings. The third kappa shape index (κ3) is 2.43. The number of phenols is 3. The summed E-state index contributed by atoms with van der Waals surface area (Å²) in [7, 11) is 2.04. The number of phenolic OH excluding ortho intramolecular Hbond substituents is 3. The summed E-state index contributed by atoms with van der Waals surface area (Å²) in [5.74, 6) is -0.825. The van der Waals surface area contributed by atoms with Crippen molar-refractivity contribution in [1.82, 2.24) is 4.90 Å². The lowest BCUT2D eigenvalue weighted by Crippen LogP contribution is -2.24. The van der Waals surface area contributed by atoms with Gasteiger partial charge in [0, 0.05) is 24.6 Å². The third-order valence-corrected chi connectivity index (χ3v) is 4.21. The number of hydrogen-bond donors (Lipinski definition) is 3. The second-order valence-electron chi connectivity index (χ2n) is 5.64. The van der Waals surface area contributed by atoms with Crippen molar-refractivity contribution >= 4 is 0 Å². The largest absolute Gasteiger partial charge is 0.504 e. The van der Waals surface area contributed by atoms with E-state index < -0.39 is 5.75 Å². The Labute approximate surface area is 123 Å². The van der Waals surface area contributed by atoms with E-state index in [1.165, 1.54) is 0 Å². The Balaban J connectivity index is 2.18. The molecule has 4 nitrogen and oxygen atoms in total. The van der Waals surface area contributed by atoms with Crippen LogP contribution in [0, 0.1) is 0 Å². The lowest BCUT2D eigenvalue weighted by molar-refractivity contribution is 0.337. The smallest absolute Gasteiger partial charge is 0.200 e. The summed E-state index contributed by atoms with van der Waals surface area (Å²) in [6, 6.07) is 11.6. The summed E-state index contributed by atoms with van der Waals surface area (Å²) in [6.45, 7) is 1.61. The molecule has 2 aromatic rings. The predicted molar refractivity (Wildman–Crippen MR) is 80.9 cm³/mol. The number of benzene rings is 2. The van der Waals surface area contributed by atoms with Crippen molar-refractivity contribution in [3.8, 4) is 17.2 Å². The molecule has 3 rings (SSSR count). The first-order valence-electron chi connectivity index (χ1n) is 7.08. The zero-order valence-corrected chi connectivity index (χ0v) is 12.0. The van der Waals surface area contributed by atoms with E-state index in [0.29, 0.717) is 6.42 Å². The van der Waals surface area contributed by atoms with Crippen LogP contribution in [0.15, 0.2) is 36.4 Å². The molecule has 1 atom stereocenters. The summed E-state index contributed by atoms with van der Waals surface area (Å²) in [6.07, 6.45) is 0.648. The summed E-state index contributed by atoms with van der Waals surface area (Å²) >= 11 is 0. The Morgan fingerprint density at radius 1 is 1.05 bits per heavy atom. The molecular formula is C17H19NO3. The molecule has 0 amide bonds. The summed E-state index contributed by atoms with van der Waals surface area (Å²) in [5, 5.41) is 29.8. The van der Waals surface area contributed by atoms with E-state index in [1.54, 1.807) is 6.07 Å². The van der Waals surface area contributed by atoms with Crippen LogP contribution in [0.2, 0.25) is 0 Å². The van der Waals surface area contributed by atoms with Crippen LogP contribution in [0.4, 0.5) is 0 Å². The van der Waals surface area contributed by atoms with E-state index in [4.69, 9.17) is 0 Å². The second kappa shape index (κ2) is 5.30. The van der Waals surface area contributed by atoms with Gasteiger partial charge >= 0.3 is 0 Å². The maximum absolute atomic E-state index is 10.2. The maximum Gasteiger partial charge on any atom is 0.200 e. The van der Waals surface area contributed by atoms with E-state index in [0.717, 1.165) is 29.8 Å². The monoisotopic (exact) mass is 285 g/mol. The number of aromatic hydroxyl groups is 3. The molecule has 0 aliphatic carbocycles. The van der Waals surface area contributed by atoms with Crippen molar-refractivity contribution in [1.29, 1.82) is 0 Å². The molecule has 1 heterocycles. The summed E-state index contributed by atoms with van der Waals surface area (Å²) < 4.78 is 0. The molecule has 0 aromatic heterocycles. The highest BCUT2D eigenvalue weighted by Crippen LogP contribution is 2.44. The van der Waals surface area contributed by atoms with Gasteiger partial charge in [0.05, 0.1) is 0 Å². The first-order chi connectivity index (χ1) is 10.1. The van der Waals surface area contributed by atoms with Crippen LogP contribution in [-0.4, -0.2) is 40.4 Å². The van der Waals surface area contributed by atoms with Gasteiger partial charge in [-0.1, -0.05) is 30.3 Å². The normalized spacial score (nSPS) is 19.0. The van der Waals surface area contributed by atoms with Gasteiger partial charge in [-0.2, -0.15) is 0 Å². The van der Waals surface area contributed by atoms with Gasteiger partial charge in [0.2, 0.25) is 5.75 Å². The standard InChI is InChI=1S/C17H19NO3/c1-18-8-7-12-13(9-15(19)17(21)16(12)20)14(10-18)11-5-3-2-4-6-11/h2-6,9,14,19-21H,7-8,10H2,1H3. The van der Waals surface area contributed by atoms with Gasteiger partial charge in [-0.25, -0.2) is 0 Å². The fourth-order valence-corrected chi connectivity index (χ4v) is 3.05. The molecule has 1 aliphatic rings. The van der Waals surface area contributed by atoms with Crippen LogP contribution in [0.5, 0.6) is 17.2 Å². The lowest BCUT2D eigenvalue weighted by Gasteiger charge is -2.22. The van der Waals surface area contributed by atoms with Gasteiger partial charge in [0.15, 0.2) is 11.5 Å². The van der Waals surface area contributed by atoms with Gasteiger partial charge in [-0.3, -0.25) is 0 Å². The average Bonchev–Trinajstić information content (AvgIpc) is 2.65. The van der Waals surface area contributed by atoms with Gasteiger partial charge in [0.1, 0.15) is 0 Å². The van der Waals surface area contributed by atoms with Gasteiger partial charge in [-0.05, 0) is 30.7 Å². The molecule has 0 radical (unpaired) electrons. The van der Waals surface area contributed by atoms with Crippen molar-refractivity contribution < 1.29 is 15.3 Å². The minimum Gasteiger partial charge on any atom is -0.504 e. The predicted octanol–water partition coefficient (Wildman–Crippen LogP) is 2.42. The first-order valence-corrected chi connectivity index (χ1v) is 7.08. The Bertz CT molecular complexity index is 655. The molecule has 0 bridgehead atoms. The van der Waals surface area contributed by atoms with E-state index in [2.05, 4.69) is 17.0 Å². The number of nitrogens with zero attached hydrogens (tertiary/aromatic N) is 1. The van der Waals surface area contributed by atoms with Crippen LogP contribution >= 0.6 is 0 Å². The molecule has 110 valence electrons. The van der Waals surface area contributed by atoms with Crippen molar-refractivity contribution in [2.75, 3.05) is 20.1 Å². The zero-order chi connectivity index (χ0) is 15.0. The van der Waals surface area contributed by atoms with Gasteiger partial charge in [0.25, 0.3) is 0 Å². The highest BCUT2D eigenvalue weighted by molar-refractivity contribution is 5.59. The number of hydrogen-bond acceptors (Lipinski definition) is 4. The first kappa shape index (κ1) is 13.8. The average molecular weight is 285 g/mol. The molecule has 1 unspecified atom stereocenters. The van der Waals surface area contributed by atoms with Crippen molar-refractivity contribution in [3.63, 3.8) is 0 Å². The molecule has 0 saturated carbocycles. The lowest BCUT2D eigenvalue weighted by atomic mass is 9.87. The molecule has 4 heteroatoms. The topological polar surface area (TPSA) is 63.9 Å². The Morgan fingerprint density at radius 3 is 2.48 bits per heavy atom. The van der Waals surface area contributed by atoms with E-state index >= 15 is 0 Å². The molecule has 2 aromatic carbocycles. The quantitative estimate of drug-likeness (QED) is 0.704. The van der Waals surface area contributed by atoms with Gasteiger partial charge < -0.3 is 20.2 Å². The van der Waals surface area contributed by atoms with Crippen LogP contribution in [0.3, 0.4) is 0 Å². The van der Waals surface area contributed by atoms with E-state index in [-0.39, 0.29) is 17.4 Å². The SMILES string of the molecule is CN1CCc2c(cc(O)c(O)c2O)C(c2ccccc2)C1. The molecule has 21 heavy (non-hydrogen) atoms. The van der Waals surface area contributed by atoms with Crippen LogP contribution in [-0.2, 0) is 6.42 Å². The highest BCUT2D eigenvalue weighted by Gasteiger charge is 2.27. The number of rotatable bonds is 1. The summed E-state index contributed by atoms with van der Waals surface area (Å²) in [5.41, 5.74) is 2.75. The molecule has 0 spiro atoms. The molecule has 0 saturated heterocycles. The highest BCUT2D eigenvalue weighted by atomic mass is 16.3. The Morgan fingerprint density at radius 2 is 1.76 bits per heavy atom. The fraction of sp³-hybridized carbons (Fsp3) is 0.294. The minimum atomic E-state index is -0.426. The Kier molecular flexibility index (Phi) is 3.47. The van der Waals surface area contributed by atoms with Crippen molar-refractivity contribution in [2.24, 2.45) is 0 Å². The van der Waals surface area contributed by atoms with Crippen molar-refractivity contribution in [2.45, 2.75) is 12.3 Å². The summed E-state index contributed by atoms with van der Waals surface area (Å²) in [4.78, 5) is 2.20. The van der Waals surface area contributed by atoms with Crippen LogP contribution < -0.4 is 0 Å². The Hall–Kier alpha value is -2.20. The minimum absolute atomic E-state index is 0.0612. The van der Waals surface area contributed by atoms with Crippen LogP contribution in [0.1, 0.15) is 22.6 Å². The van der Waals surface area contributed by atoms with E-state index in [9.17, 15) is 15.3 Å². The molecule has 1 aliphatic heterocycles. The van der Waals surface area contributed by atoms with Crippen LogP contribution in [0.25, 0.3) is 0 Å². The number of fused-ring (bicyclic) bond motifs is 1. The fourth-order valence-electron chi connectivity index (χ4n) is 3.05. The number of likely N-dealkylation sites (N-methyl/N-ethyl adjacent to an activating group) is 1. The van der Waals surface area contributed by atoms with Gasteiger partial charge in [-0.15, -0.1) is 0 Å².